The minimum atomic E-state index is -3.05. The number of benzene rings is 1. The maximum atomic E-state index is 13.5. The lowest BCUT2D eigenvalue weighted by atomic mass is 9.98. The summed E-state index contributed by atoms with van der Waals surface area (Å²) < 4.78 is 59.0. The molecule has 31 heavy (non-hydrogen) atoms. The summed E-state index contributed by atoms with van der Waals surface area (Å²) in [5.74, 6) is 0.300. The molecule has 1 aromatic carbocycles. The monoisotopic (exact) mass is 498 g/mol. The predicted octanol–water partition coefficient (Wildman–Crippen LogP) is 5.11. The van der Waals surface area contributed by atoms with E-state index in [4.69, 9.17) is 4.74 Å². The lowest BCUT2D eigenvalue weighted by Crippen LogP contribution is -2.13. The van der Waals surface area contributed by atoms with Crippen LogP contribution in [0.25, 0.3) is 11.1 Å². The van der Waals surface area contributed by atoms with E-state index in [-0.39, 0.29) is 12.1 Å². The quantitative estimate of drug-likeness (QED) is 0.478. The second-order valence-corrected chi connectivity index (χ2v) is 7.35. The normalized spacial score (nSPS) is 11.2. The molecule has 0 atom stereocenters. The molecule has 0 saturated carbocycles. The van der Waals surface area contributed by atoms with Crippen molar-refractivity contribution in [1.29, 1.82) is 5.26 Å². The molecular formula is C20H15BrF4N4O2. The molecule has 2 heterocycles. The number of nitriles is 1. The Balaban J connectivity index is 2.16. The van der Waals surface area contributed by atoms with Crippen molar-refractivity contribution in [3.63, 3.8) is 0 Å². The molecule has 0 radical (unpaired) electrons. The highest BCUT2D eigenvalue weighted by Crippen LogP contribution is 2.36. The summed E-state index contributed by atoms with van der Waals surface area (Å²) in [5.41, 5.74) is -0.482. The van der Waals surface area contributed by atoms with Crippen molar-refractivity contribution in [1.82, 2.24) is 14.8 Å². The largest absolute Gasteiger partial charge is 0.496 e. The van der Waals surface area contributed by atoms with Gasteiger partial charge < -0.3 is 9.72 Å². The SMILES string of the molecule is COc1ccc(-c2cc(C)[nH]c(=O)c2C#N)cc1Cn1nc(C(F)F)c(Br)c1C(F)F. The molecular weight excluding hydrogens is 484 g/mol. The van der Waals surface area contributed by atoms with Crippen LogP contribution in [0.1, 0.15) is 41.1 Å². The number of aromatic nitrogens is 3. The third kappa shape index (κ3) is 4.34. The summed E-state index contributed by atoms with van der Waals surface area (Å²) in [7, 11) is 1.37. The van der Waals surface area contributed by atoms with Gasteiger partial charge in [0.2, 0.25) is 0 Å². The number of pyridine rings is 1. The van der Waals surface area contributed by atoms with Gasteiger partial charge in [0.15, 0.2) is 0 Å². The molecule has 1 N–H and O–H groups in total. The molecule has 3 rings (SSSR count). The van der Waals surface area contributed by atoms with Gasteiger partial charge in [0.25, 0.3) is 18.4 Å². The topological polar surface area (TPSA) is 83.7 Å². The van der Waals surface area contributed by atoms with Crippen LogP contribution in [0.15, 0.2) is 33.5 Å². The van der Waals surface area contributed by atoms with Gasteiger partial charge >= 0.3 is 0 Å². The highest BCUT2D eigenvalue weighted by molar-refractivity contribution is 9.10. The van der Waals surface area contributed by atoms with E-state index in [2.05, 4.69) is 26.0 Å². The average molecular weight is 499 g/mol. The number of hydrogen-bond donors (Lipinski definition) is 1. The number of aromatic amines is 1. The lowest BCUT2D eigenvalue weighted by molar-refractivity contribution is 0.139. The van der Waals surface area contributed by atoms with Crippen LogP contribution < -0.4 is 10.3 Å². The van der Waals surface area contributed by atoms with Gasteiger partial charge in [0.05, 0.1) is 18.1 Å². The van der Waals surface area contributed by atoms with Crippen molar-refractivity contribution >= 4 is 15.9 Å². The van der Waals surface area contributed by atoms with Crippen LogP contribution in [0.3, 0.4) is 0 Å². The lowest BCUT2D eigenvalue weighted by Gasteiger charge is -2.14. The average Bonchev–Trinajstić information content (AvgIpc) is 3.03. The Morgan fingerprint density at radius 3 is 2.55 bits per heavy atom. The maximum absolute atomic E-state index is 13.5. The predicted molar refractivity (Wildman–Crippen MR) is 107 cm³/mol. The van der Waals surface area contributed by atoms with Crippen molar-refractivity contribution in [2.24, 2.45) is 0 Å². The number of halogens is 5. The van der Waals surface area contributed by atoms with Crippen LogP contribution in [-0.4, -0.2) is 21.9 Å². The Morgan fingerprint density at radius 2 is 1.97 bits per heavy atom. The summed E-state index contributed by atoms with van der Waals surface area (Å²) in [6, 6.07) is 8.15. The zero-order valence-electron chi connectivity index (χ0n) is 16.2. The van der Waals surface area contributed by atoms with Crippen molar-refractivity contribution in [2.75, 3.05) is 7.11 Å². The number of ether oxygens (including phenoxy) is 1. The smallest absolute Gasteiger partial charge is 0.283 e. The Hall–Kier alpha value is -3.13. The third-order valence-electron chi connectivity index (χ3n) is 4.56. The summed E-state index contributed by atoms with van der Waals surface area (Å²) >= 11 is 2.79. The van der Waals surface area contributed by atoms with Crippen molar-refractivity contribution in [3.05, 3.63) is 67.3 Å². The summed E-state index contributed by atoms with van der Waals surface area (Å²) in [6.45, 7) is 1.35. The highest BCUT2D eigenvalue weighted by atomic mass is 79.9. The molecule has 0 amide bonds. The van der Waals surface area contributed by atoms with Gasteiger partial charge in [-0.25, -0.2) is 17.6 Å². The number of rotatable bonds is 6. The molecule has 0 fully saturated rings. The van der Waals surface area contributed by atoms with E-state index < -0.39 is 34.3 Å². The molecule has 0 unspecified atom stereocenters. The van der Waals surface area contributed by atoms with Gasteiger partial charge in [-0.3, -0.25) is 9.48 Å². The summed E-state index contributed by atoms with van der Waals surface area (Å²) in [6.07, 6.45) is -6.09. The second-order valence-electron chi connectivity index (χ2n) is 6.55. The van der Waals surface area contributed by atoms with E-state index in [0.29, 0.717) is 28.1 Å². The first-order valence-electron chi connectivity index (χ1n) is 8.81. The van der Waals surface area contributed by atoms with Gasteiger partial charge in [-0.2, -0.15) is 10.4 Å². The number of alkyl halides is 4. The number of aryl methyl sites for hydroxylation is 1. The van der Waals surface area contributed by atoms with E-state index in [0.717, 1.165) is 4.68 Å². The maximum Gasteiger partial charge on any atom is 0.283 e. The van der Waals surface area contributed by atoms with Crippen LogP contribution in [0.2, 0.25) is 0 Å². The van der Waals surface area contributed by atoms with Crippen LogP contribution in [0.5, 0.6) is 5.75 Å². The van der Waals surface area contributed by atoms with E-state index in [9.17, 15) is 27.6 Å². The Kier molecular flexibility index (Phi) is 6.50. The van der Waals surface area contributed by atoms with E-state index in [1.807, 2.05) is 6.07 Å². The molecule has 0 saturated heterocycles. The van der Waals surface area contributed by atoms with Gasteiger partial charge in [-0.1, -0.05) is 6.07 Å². The van der Waals surface area contributed by atoms with Crippen molar-refractivity contribution in [2.45, 2.75) is 26.3 Å². The molecule has 0 spiro atoms. The Bertz CT molecular complexity index is 1230. The van der Waals surface area contributed by atoms with Gasteiger partial charge in [0.1, 0.15) is 28.8 Å². The number of nitrogens with zero attached hydrogens (tertiary/aromatic N) is 3. The minimum Gasteiger partial charge on any atom is -0.496 e. The number of methoxy groups -OCH3 is 1. The van der Waals surface area contributed by atoms with Gasteiger partial charge in [0, 0.05) is 16.8 Å². The second kappa shape index (κ2) is 8.93. The molecule has 0 aliphatic rings. The third-order valence-corrected chi connectivity index (χ3v) is 5.37. The molecule has 0 aliphatic carbocycles. The molecule has 0 aliphatic heterocycles. The minimum absolute atomic E-state index is 0.114. The van der Waals surface area contributed by atoms with E-state index >= 15 is 0 Å². The zero-order chi connectivity index (χ0) is 22.9. The number of H-pyrrole nitrogens is 1. The van der Waals surface area contributed by atoms with Gasteiger partial charge in [-0.15, -0.1) is 0 Å². The summed E-state index contributed by atoms with van der Waals surface area (Å²) in [5, 5.41) is 13.0. The molecule has 3 aromatic rings. The van der Waals surface area contributed by atoms with Gasteiger partial charge in [-0.05, 0) is 46.6 Å². The first kappa shape index (κ1) is 22.6. The van der Waals surface area contributed by atoms with E-state index in [1.54, 1.807) is 25.1 Å². The van der Waals surface area contributed by atoms with Crippen molar-refractivity contribution in [3.8, 4) is 22.9 Å². The molecule has 6 nitrogen and oxygen atoms in total. The number of hydrogen-bond acceptors (Lipinski definition) is 4. The van der Waals surface area contributed by atoms with Crippen LogP contribution in [0, 0.1) is 18.3 Å². The fraction of sp³-hybridized carbons (Fsp3) is 0.250. The molecule has 11 heteroatoms. The molecule has 2 aromatic heterocycles. The van der Waals surface area contributed by atoms with Crippen molar-refractivity contribution < 1.29 is 22.3 Å². The fourth-order valence-electron chi connectivity index (χ4n) is 3.20. The van der Waals surface area contributed by atoms with Crippen LogP contribution in [-0.2, 0) is 6.54 Å². The Labute approximate surface area is 182 Å². The Morgan fingerprint density at radius 1 is 1.26 bits per heavy atom. The molecule has 162 valence electrons. The fourth-order valence-corrected chi connectivity index (χ4v) is 3.83. The number of nitrogens with one attached hydrogen (secondary N) is 1. The highest BCUT2D eigenvalue weighted by Gasteiger charge is 2.28. The van der Waals surface area contributed by atoms with E-state index in [1.165, 1.54) is 13.2 Å². The zero-order valence-corrected chi connectivity index (χ0v) is 17.8. The standard InChI is InChI=1S/C20H15BrF4N4O2/c1-9-5-12(13(7-26)20(30)27-9)10-3-4-14(31-2)11(6-10)8-29-17(19(24)25)15(21)16(28-29)18(22)23/h3-6,18-19H,8H2,1-2H3,(H,27,30). The first-order valence-corrected chi connectivity index (χ1v) is 9.60. The molecule has 0 bridgehead atoms. The summed E-state index contributed by atoms with van der Waals surface area (Å²) in [4.78, 5) is 14.7. The first-order chi connectivity index (χ1) is 14.7. The van der Waals surface area contributed by atoms with Crippen LogP contribution in [0.4, 0.5) is 17.6 Å². The van der Waals surface area contributed by atoms with Crippen LogP contribution >= 0.6 is 15.9 Å².